The van der Waals surface area contributed by atoms with Gasteiger partial charge in [-0.05, 0) is 62.6 Å². The van der Waals surface area contributed by atoms with Crippen LogP contribution in [0.3, 0.4) is 0 Å². The average molecular weight is 658 g/mol. The summed E-state index contributed by atoms with van der Waals surface area (Å²) in [6, 6.07) is 14.0. The van der Waals surface area contributed by atoms with Crippen molar-refractivity contribution in [3.05, 3.63) is 90.5 Å². The normalized spacial score (nSPS) is 24.6. The van der Waals surface area contributed by atoms with Gasteiger partial charge in [-0.3, -0.25) is 19.2 Å². The zero-order chi connectivity index (χ0) is 34.4. The molecule has 10 nitrogen and oxygen atoms in total. The molecule has 3 heterocycles. The fraction of sp³-hybridized carbons (Fsp3) is 0.474. The minimum atomic E-state index is -1.21. The lowest BCUT2D eigenvalue weighted by atomic mass is 9.70. The largest absolute Gasteiger partial charge is 0.455 e. The number of para-hydroxylation sites is 1. The molecule has 2 bridgehead atoms. The van der Waals surface area contributed by atoms with Crippen LogP contribution in [0.5, 0.6) is 0 Å². The fourth-order valence-corrected chi connectivity index (χ4v) is 7.78. The van der Waals surface area contributed by atoms with Crippen LogP contribution in [0.1, 0.15) is 61.3 Å². The van der Waals surface area contributed by atoms with E-state index in [1.807, 2.05) is 62.4 Å². The molecule has 2 aromatic rings. The zero-order valence-electron chi connectivity index (χ0n) is 27.9. The van der Waals surface area contributed by atoms with Gasteiger partial charge < -0.3 is 29.7 Å². The molecular formula is C38H47N3O7. The number of fused-ring (bicyclic) bond motifs is 1. The molecule has 3 saturated heterocycles. The first kappa shape index (κ1) is 35.0. The van der Waals surface area contributed by atoms with Crippen molar-refractivity contribution < 1.29 is 33.8 Å². The summed E-state index contributed by atoms with van der Waals surface area (Å²) in [4.78, 5) is 59.1. The number of amides is 3. The highest BCUT2D eigenvalue weighted by molar-refractivity contribution is 6.05. The summed E-state index contributed by atoms with van der Waals surface area (Å²) in [5, 5.41) is 12.4. The Morgan fingerprint density at radius 3 is 2.50 bits per heavy atom. The van der Waals surface area contributed by atoms with E-state index >= 15 is 0 Å². The Balaban J connectivity index is 1.47. The molecular weight excluding hydrogens is 610 g/mol. The Labute approximate surface area is 282 Å². The standard InChI is InChI=1S/C38H47N3O7/c1-5-7-18-30(43)39-24-29(27-16-9-8-10-17-27)47-37(46)31-28-19-20-38(48-28)32(31)35(44)41(22-11-12-23-42)34(38)36(45)40(21-6-2)33-25(3)14-13-15-26(33)4/h5-6,8-10,13-17,28-29,31-32,34,42H,1-2,7,11-12,18-24H2,3-4H3,(H,39,43)/t28-,29+,31+,32+,34-,38+/m1/s1. The SMILES string of the molecule is C=CCCC(=O)NC[C@H](OC(=O)[C@@H]1[C@H]2C(=O)N(CCCCO)[C@H](C(=O)N(CC=C)c3c(C)cccc3C)[C@]23CC[C@H]1O3)c1ccccc1. The molecule has 3 fully saturated rings. The van der Waals surface area contributed by atoms with Crippen LogP contribution in [0.15, 0.2) is 73.8 Å². The van der Waals surface area contributed by atoms with Gasteiger partial charge in [0, 0.05) is 31.8 Å². The number of aliphatic hydroxyl groups is 1. The number of carbonyl (C=O) groups excluding carboxylic acids is 4. The van der Waals surface area contributed by atoms with Gasteiger partial charge in [0.05, 0.1) is 24.5 Å². The summed E-state index contributed by atoms with van der Waals surface area (Å²) in [5.41, 5.74) is 2.08. The van der Waals surface area contributed by atoms with Gasteiger partial charge in [-0.1, -0.05) is 60.7 Å². The lowest BCUT2D eigenvalue weighted by Crippen LogP contribution is -2.56. The molecule has 256 valence electrons. The molecule has 3 amide bonds. The van der Waals surface area contributed by atoms with Crippen LogP contribution in [0.25, 0.3) is 0 Å². The highest BCUT2D eigenvalue weighted by Crippen LogP contribution is 2.59. The number of esters is 1. The third-order valence-electron chi connectivity index (χ3n) is 9.89. The van der Waals surface area contributed by atoms with E-state index in [1.54, 1.807) is 22.0 Å². The Kier molecular flexibility index (Phi) is 11.2. The van der Waals surface area contributed by atoms with Gasteiger partial charge in [-0.15, -0.1) is 13.2 Å². The van der Waals surface area contributed by atoms with Gasteiger partial charge in [0.1, 0.15) is 17.7 Å². The van der Waals surface area contributed by atoms with Crippen LogP contribution in [0.4, 0.5) is 5.69 Å². The van der Waals surface area contributed by atoms with E-state index in [0.717, 1.165) is 16.8 Å². The number of nitrogens with zero attached hydrogens (tertiary/aromatic N) is 2. The maximum Gasteiger partial charge on any atom is 0.313 e. The lowest BCUT2D eigenvalue weighted by Gasteiger charge is -2.37. The van der Waals surface area contributed by atoms with Gasteiger partial charge in [0.15, 0.2) is 0 Å². The van der Waals surface area contributed by atoms with Crippen molar-refractivity contribution in [2.24, 2.45) is 11.8 Å². The third kappa shape index (κ3) is 6.69. The van der Waals surface area contributed by atoms with Crippen LogP contribution in [0.2, 0.25) is 0 Å². The predicted octanol–water partition coefficient (Wildman–Crippen LogP) is 4.34. The number of likely N-dealkylation sites (tertiary alicyclic amines) is 1. The molecule has 0 aliphatic carbocycles. The number of allylic oxidation sites excluding steroid dienone is 1. The van der Waals surface area contributed by atoms with Crippen LogP contribution in [0, 0.1) is 25.7 Å². The predicted molar refractivity (Wildman–Crippen MR) is 182 cm³/mol. The smallest absolute Gasteiger partial charge is 0.313 e. The third-order valence-corrected chi connectivity index (χ3v) is 9.89. The minimum Gasteiger partial charge on any atom is -0.455 e. The Bertz CT molecular complexity index is 1510. The first-order valence-corrected chi connectivity index (χ1v) is 16.9. The van der Waals surface area contributed by atoms with E-state index in [1.165, 1.54) is 0 Å². The summed E-state index contributed by atoms with van der Waals surface area (Å²) in [6.07, 6.45) is 4.64. The monoisotopic (exact) mass is 657 g/mol. The molecule has 2 N–H and O–H groups in total. The number of hydrogen-bond donors (Lipinski definition) is 2. The molecule has 3 aliphatic heterocycles. The first-order chi connectivity index (χ1) is 23.2. The second-order valence-electron chi connectivity index (χ2n) is 13.0. The van der Waals surface area contributed by atoms with Crippen molar-refractivity contribution >= 4 is 29.4 Å². The molecule has 0 unspecified atom stereocenters. The maximum absolute atomic E-state index is 14.8. The van der Waals surface area contributed by atoms with E-state index in [9.17, 15) is 24.3 Å². The van der Waals surface area contributed by atoms with E-state index in [0.29, 0.717) is 37.7 Å². The molecule has 5 rings (SSSR count). The van der Waals surface area contributed by atoms with Gasteiger partial charge in [0.2, 0.25) is 11.8 Å². The van der Waals surface area contributed by atoms with Gasteiger partial charge in [-0.25, -0.2) is 0 Å². The number of nitrogens with one attached hydrogen (secondary N) is 1. The quantitative estimate of drug-likeness (QED) is 0.156. The van der Waals surface area contributed by atoms with Crippen LogP contribution in [-0.4, -0.2) is 77.7 Å². The molecule has 10 heteroatoms. The maximum atomic E-state index is 14.8. The molecule has 1 spiro atoms. The van der Waals surface area contributed by atoms with Crippen molar-refractivity contribution in [1.82, 2.24) is 10.2 Å². The summed E-state index contributed by atoms with van der Waals surface area (Å²) in [6.45, 7) is 11.9. The second-order valence-corrected chi connectivity index (χ2v) is 13.0. The number of carbonyl (C=O) groups is 4. The fourth-order valence-electron chi connectivity index (χ4n) is 7.78. The lowest BCUT2D eigenvalue weighted by molar-refractivity contribution is -0.160. The van der Waals surface area contributed by atoms with Crippen molar-refractivity contribution in [2.75, 3.05) is 31.1 Å². The molecule has 0 radical (unpaired) electrons. The van der Waals surface area contributed by atoms with E-state index < -0.39 is 41.7 Å². The first-order valence-electron chi connectivity index (χ1n) is 16.9. The van der Waals surface area contributed by atoms with E-state index in [2.05, 4.69) is 18.5 Å². The molecule has 0 saturated carbocycles. The molecule has 48 heavy (non-hydrogen) atoms. The average Bonchev–Trinajstić information content (AvgIpc) is 3.72. The number of unbranched alkanes of at least 4 members (excludes halogenated alkanes) is 1. The van der Waals surface area contributed by atoms with Crippen LogP contribution in [-0.2, 0) is 28.7 Å². The number of benzene rings is 2. The number of aryl methyl sites for hydroxylation is 2. The Morgan fingerprint density at radius 1 is 1.10 bits per heavy atom. The topological polar surface area (TPSA) is 125 Å². The number of rotatable bonds is 16. The number of anilines is 1. The Hall–Kier alpha value is -4.28. The van der Waals surface area contributed by atoms with Crippen molar-refractivity contribution in [2.45, 2.75) is 76.2 Å². The van der Waals surface area contributed by atoms with Gasteiger partial charge in [-0.2, -0.15) is 0 Å². The van der Waals surface area contributed by atoms with Crippen LogP contribution >= 0.6 is 0 Å². The van der Waals surface area contributed by atoms with Crippen LogP contribution < -0.4 is 10.2 Å². The highest BCUT2D eigenvalue weighted by Gasteiger charge is 2.75. The highest BCUT2D eigenvalue weighted by atomic mass is 16.6. The molecule has 0 aromatic heterocycles. The summed E-state index contributed by atoms with van der Waals surface area (Å²) >= 11 is 0. The molecule has 6 atom stereocenters. The summed E-state index contributed by atoms with van der Waals surface area (Å²) < 4.78 is 12.8. The number of aliphatic hydroxyl groups excluding tert-OH is 1. The minimum absolute atomic E-state index is 0.0429. The van der Waals surface area contributed by atoms with E-state index in [-0.39, 0.29) is 50.4 Å². The Morgan fingerprint density at radius 2 is 1.83 bits per heavy atom. The van der Waals surface area contributed by atoms with Gasteiger partial charge >= 0.3 is 5.97 Å². The van der Waals surface area contributed by atoms with Gasteiger partial charge in [0.25, 0.3) is 5.91 Å². The number of ether oxygens (including phenoxy) is 2. The molecule has 3 aliphatic rings. The second kappa shape index (κ2) is 15.3. The summed E-state index contributed by atoms with van der Waals surface area (Å²) in [7, 11) is 0. The number of hydrogen-bond acceptors (Lipinski definition) is 7. The van der Waals surface area contributed by atoms with Crippen molar-refractivity contribution in [3.8, 4) is 0 Å². The zero-order valence-corrected chi connectivity index (χ0v) is 27.9. The van der Waals surface area contributed by atoms with Crippen molar-refractivity contribution in [1.29, 1.82) is 0 Å². The van der Waals surface area contributed by atoms with E-state index in [4.69, 9.17) is 9.47 Å². The van der Waals surface area contributed by atoms with Crippen molar-refractivity contribution in [3.63, 3.8) is 0 Å². The molecule has 2 aromatic carbocycles. The summed E-state index contributed by atoms with van der Waals surface area (Å²) in [5.74, 6) is -3.20.